The number of hydrogen-bond donors (Lipinski definition) is 1. The van der Waals surface area contributed by atoms with E-state index < -0.39 is 0 Å². The third-order valence-electron chi connectivity index (χ3n) is 5.97. The average molecular weight is 410 g/mol. The van der Waals surface area contributed by atoms with Gasteiger partial charge in [0.1, 0.15) is 0 Å². The predicted molar refractivity (Wildman–Crippen MR) is 118 cm³/mol. The van der Waals surface area contributed by atoms with Crippen molar-refractivity contribution >= 4 is 17.5 Å². The van der Waals surface area contributed by atoms with E-state index in [0.29, 0.717) is 6.54 Å². The van der Waals surface area contributed by atoms with Crippen LogP contribution in [0.3, 0.4) is 0 Å². The standard InChI is InChI=1S/C23H31N5O2/c1-27(20-6-3-2-4-7-20)11-5-10-24-22(29)18-8-9-21-19(16-18)17-25-23(26-21)28-12-14-30-15-13-28/h2-4,6-7,17-18H,5,8-16H2,1H3,(H,24,29)/t18-/m1/s1. The Kier molecular flexibility index (Phi) is 6.79. The van der Waals surface area contributed by atoms with E-state index in [-0.39, 0.29) is 11.8 Å². The van der Waals surface area contributed by atoms with Crippen LogP contribution >= 0.6 is 0 Å². The Labute approximate surface area is 178 Å². The zero-order valence-corrected chi connectivity index (χ0v) is 17.7. The Morgan fingerprint density at radius 2 is 2.07 bits per heavy atom. The molecule has 0 saturated carbocycles. The van der Waals surface area contributed by atoms with Crippen molar-refractivity contribution in [1.82, 2.24) is 15.3 Å². The topological polar surface area (TPSA) is 70.6 Å². The van der Waals surface area contributed by atoms with Crippen LogP contribution in [0, 0.1) is 5.92 Å². The molecule has 0 unspecified atom stereocenters. The maximum absolute atomic E-state index is 12.6. The van der Waals surface area contributed by atoms with Crippen molar-refractivity contribution in [3.05, 3.63) is 47.8 Å². The van der Waals surface area contributed by atoms with E-state index in [0.717, 1.165) is 75.7 Å². The smallest absolute Gasteiger partial charge is 0.225 e. The van der Waals surface area contributed by atoms with Crippen LogP contribution in [0.1, 0.15) is 24.1 Å². The predicted octanol–water partition coefficient (Wildman–Crippen LogP) is 2.06. The fourth-order valence-electron chi connectivity index (χ4n) is 4.12. The summed E-state index contributed by atoms with van der Waals surface area (Å²) in [7, 11) is 2.08. The lowest BCUT2D eigenvalue weighted by Crippen LogP contribution is -2.38. The van der Waals surface area contributed by atoms with E-state index in [4.69, 9.17) is 9.72 Å². The number of fused-ring (bicyclic) bond motifs is 1. The summed E-state index contributed by atoms with van der Waals surface area (Å²) in [5.74, 6) is 0.963. The van der Waals surface area contributed by atoms with Crippen LogP contribution in [-0.4, -0.2) is 62.3 Å². The summed E-state index contributed by atoms with van der Waals surface area (Å²) >= 11 is 0. The monoisotopic (exact) mass is 409 g/mol. The van der Waals surface area contributed by atoms with Crippen LogP contribution in [0.4, 0.5) is 11.6 Å². The fourth-order valence-corrected chi connectivity index (χ4v) is 4.12. The number of aryl methyl sites for hydroxylation is 1. The molecule has 160 valence electrons. The summed E-state index contributed by atoms with van der Waals surface area (Å²) in [6.07, 6.45) is 5.26. The van der Waals surface area contributed by atoms with Crippen LogP contribution < -0.4 is 15.1 Å². The van der Waals surface area contributed by atoms with Crippen molar-refractivity contribution in [3.63, 3.8) is 0 Å². The molecule has 2 aliphatic rings. The second-order valence-electron chi connectivity index (χ2n) is 8.08. The largest absolute Gasteiger partial charge is 0.378 e. The van der Waals surface area contributed by atoms with Gasteiger partial charge in [-0.25, -0.2) is 9.97 Å². The molecule has 2 aromatic rings. The number of hydrogen-bond acceptors (Lipinski definition) is 6. The van der Waals surface area contributed by atoms with E-state index in [2.05, 4.69) is 39.3 Å². The minimum absolute atomic E-state index is 0.0159. The number of amides is 1. The first-order valence-corrected chi connectivity index (χ1v) is 10.9. The first-order valence-electron chi connectivity index (χ1n) is 10.9. The molecule has 1 amide bonds. The molecule has 7 nitrogen and oxygen atoms in total. The minimum Gasteiger partial charge on any atom is -0.378 e. The zero-order valence-electron chi connectivity index (χ0n) is 17.7. The highest BCUT2D eigenvalue weighted by molar-refractivity contribution is 5.79. The van der Waals surface area contributed by atoms with Gasteiger partial charge in [0.05, 0.1) is 13.2 Å². The number of rotatable bonds is 7. The first kappa shape index (κ1) is 20.6. The molecular weight excluding hydrogens is 378 g/mol. The summed E-state index contributed by atoms with van der Waals surface area (Å²) in [4.78, 5) is 26.4. The molecule has 7 heteroatoms. The molecule has 1 aliphatic carbocycles. The molecule has 1 fully saturated rings. The summed E-state index contributed by atoms with van der Waals surface area (Å²) in [6, 6.07) is 10.3. The van der Waals surface area contributed by atoms with Gasteiger partial charge < -0.3 is 19.9 Å². The number of nitrogens with zero attached hydrogens (tertiary/aromatic N) is 4. The molecule has 30 heavy (non-hydrogen) atoms. The lowest BCUT2D eigenvalue weighted by molar-refractivity contribution is -0.125. The van der Waals surface area contributed by atoms with Gasteiger partial charge in [-0.15, -0.1) is 0 Å². The molecule has 1 atom stereocenters. The number of anilines is 2. The van der Waals surface area contributed by atoms with Gasteiger partial charge in [0.15, 0.2) is 0 Å². The van der Waals surface area contributed by atoms with Gasteiger partial charge >= 0.3 is 0 Å². The van der Waals surface area contributed by atoms with Gasteiger partial charge in [-0.05, 0) is 43.4 Å². The Morgan fingerprint density at radius 3 is 2.87 bits per heavy atom. The van der Waals surface area contributed by atoms with Gasteiger partial charge in [-0.2, -0.15) is 0 Å². The van der Waals surface area contributed by atoms with Gasteiger partial charge in [-0.3, -0.25) is 4.79 Å². The summed E-state index contributed by atoms with van der Waals surface area (Å²) < 4.78 is 5.41. The van der Waals surface area contributed by atoms with Crippen LogP contribution in [0.25, 0.3) is 0 Å². The first-order chi connectivity index (χ1) is 14.7. The Balaban J connectivity index is 1.23. The summed E-state index contributed by atoms with van der Waals surface area (Å²) in [5, 5.41) is 3.12. The number of carbonyl (C=O) groups is 1. The van der Waals surface area contributed by atoms with E-state index in [1.807, 2.05) is 24.4 Å². The number of aromatic nitrogens is 2. The lowest BCUT2D eigenvalue weighted by Gasteiger charge is -2.28. The van der Waals surface area contributed by atoms with E-state index in [9.17, 15) is 4.79 Å². The fraction of sp³-hybridized carbons (Fsp3) is 0.522. The van der Waals surface area contributed by atoms with Gasteiger partial charge in [0, 0.05) is 56.7 Å². The third kappa shape index (κ3) is 5.08. The number of benzene rings is 1. The molecule has 1 aromatic heterocycles. The minimum atomic E-state index is 0.0159. The maximum atomic E-state index is 12.6. The van der Waals surface area contributed by atoms with Crippen molar-refractivity contribution in [2.75, 3.05) is 56.2 Å². The molecule has 4 rings (SSSR count). The lowest BCUT2D eigenvalue weighted by atomic mass is 9.86. The number of carbonyl (C=O) groups excluding carboxylic acids is 1. The van der Waals surface area contributed by atoms with Crippen molar-refractivity contribution < 1.29 is 9.53 Å². The van der Waals surface area contributed by atoms with Crippen LogP contribution in [-0.2, 0) is 22.4 Å². The van der Waals surface area contributed by atoms with Crippen LogP contribution in [0.2, 0.25) is 0 Å². The molecule has 1 aromatic carbocycles. The van der Waals surface area contributed by atoms with Gasteiger partial charge in [-0.1, -0.05) is 18.2 Å². The number of nitrogens with one attached hydrogen (secondary N) is 1. The number of ether oxygens (including phenoxy) is 1. The van der Waals surface area contributed by atoms with Crippen molar-refractivity contribution in [1.29, 1.82) is 0 Å². The molecule has 1 aliphatic heterocycles. The molecular formula is C23H31N5O2. The quantitative estimate of drug-likeness (QED) is 0.706. The van der Waals surface area contributed by atoms with E-state index in [1.165, 1.54) is 5.69 Å². The Hall–Kier alpha value is -2.67. The molecule has 1 N–H and O–H groups in total. The van der Waals surface area contributed by atoms with Crippen molar-refractivity contribution in [2.45, 2.75) is 25.7 Å². The second kappa shape index (κ2) is 9.89. The number of morpholine rings is 1. The third-order valence-corrected chi connectivity index (χ3v) is 5.97. The summed E-state index contributed by atoms with van der Waals surface area (Å²) in [5.41, 5.74) is 3.41. The highest BCUT2D eigenvalue weighted by Gasteiger charge is 2.26. The van der Waals surface area contributed by atoms with E-state index in [1.54, 1.807) is 0 Å². The second-order valence-corrected chi connectivity index (χ2v) is 8.08. The summed E-state index contributed by atoms with van der Waals surface area (Å²) in [6.45, 7) is 4.74. The van der Waals surface area contributed by atoms with Crippen molar-refractivity contribution in [3.8, 4) is 0 Å². The Morgan fingerprint density at radius 1 is 1.27 bits per heavy atom. The average Bonchev–Trinajstić information content (AvgIpc) is 2.82. The molecule has 0 bridgehead atoms. The molecule has 2 heterocycles. The molecule has 0 spiro atoms. The highest BCUT2D eigenvalue weighted by atomic mass is 16.5. The maximum Gasteiger partial charge on any atom is 0.225 e. The number of para-hydroxylation sites is 1. The molecule has 1 saturated heterocycles. The van der Waals surface area contributed by atoms with Gasteiger partial charge in [0.25, 0.3) is 0 Å². The highest BCUT2D eigenvalue weighted by Crippen LogP contribution is 2.25. The zero-order chi connectivity index (χ0) is 20.8. The normalized spacial score (nSPS) is 18.6. The molecule has 0 radical (unpaired) electrons. The Bertz CT molecular complexity index is 839. The van der Waals surface area contributed by atoms with Gasteiger partial charge in [0.2, 0.25) is 11.9 Å². The SMILES string of the molecule is CN(CCCNC(=O)[C@@H]1CCc2nc(N3CCOCC3)ncc2C1)c1ccccc1. The van der Waals surface area contributed by atoms with Crippen LogP contribution in [0.5, 0.6) is 0 Å². The van der Waals surface area contributed by atoms with E-state index >= 15 is 0 Å². The van der Waals surface area contributed by atoms with Crippen molar-refractivity contribution in [2.24, 2.45) is 5.92 Å². The van der Waals surface area contributed by atoms with Crippen LogP contribution in [0.15, 0.2) is 36.5 Å².